The molecule has 4 nitrogen and oxygen atoms in total. The van der Waals surface area contributed by atoms with Crippen molar-refractivity contribution < 1.29 is 9.90 Å². The first-order chi connectivity index (χ1) is 9.30. The number of hydrogen-bond donors (Lipinski definition) is 1. The Morgan fingerprint density at radius 2 is 1.80 bits per heavy atom. The molecule has 0 aliphatic carbocycles. The van der Waals surface area contributed by atoms with Crippen LogP contribution < -0.4 is 0 Å². The fourth-order valence-corrected chi connectivity index (χ4v) is 2.09. The maximum atomic E-state index is 11.2. The maximum Gasteiger partial charge on any atom is 0.356 e. The molecule has 0 radical (unpaired) electrons. The zero-order valence-corrected chi connectivity index (χ0v) is 12.1. The van der Waals surface area contributed by atoms with Gasteiger partial charge in [-0.15, -0.1) is 0 Å². The Balaban J connectivity index is 2.58. The van der Waals surface area contributed by atoms with Crippen LogP contribution in [-0.4, -0.2) is 21.0 Å². The van der Waals surface area contributed by atoms with Crippen LogP contribution in [0.25, 0.3) is 11.3 Å². The van der Waals surface area contributed by atoms with E-state index in [1.54, 1.807) is 0 Å². The molecule has 0 bridgehead atoms. The minimum absolute atomic E-state index is 0.0147. The van der Waals surface area contributed by atoms with Crippen molar-refractivity contribution in [3.8, 4) is 11.3 Å². The molecule has 0 spiro atoms. The first kappa shape index (κ1) is 14.2. The molecule has 2 aromatic rings. The van der Waals surface area contributed by atoms with Crippen LogP contribution in [0.5, 0.6) is 0 Å². The predicted molar refractivity (Wildman–Crippen MR) is 77.9 cm³/mol. The fourth-order valence-electron chi connectivity index (χ4n) is 2.09. The van der Waals surface area contributed by atoms with Crippen molar-refractivity contribution >= 4 is 5.97 Å². The summed E-state index contributed by atoms with van der Waals surface area (Å²) in [7, 11) is 0. The number of aromatic carboxylic acids is 1. The molecule has 104 valence electrons. The van der Waals surface area contributed by atoms with Gasteiger partial charge in [0.25, 0.3) is 0 Å². The van der Waals surface area contributed by atoms with Crippen molar-refractivity contribution in [3.05, 3.63) is 47.4 Å². The number of benzene rings is 1. The minimum Gasteiger partial charge on any atom is -0.476 e. The molecule has 0 saturated heterocycles. The largest absolute Gasteiger partial charge is 0.476 e. The lowest BCUT2D eigenvalue weighted by Crippen LogP contribution is -2.11. The van der Waals surface area contributed by atoms with Gasteiger partial charge in [0.15, 0.2) is 5.69 Å². The Morgan fingerprint density at radius 3 is 2.35 bits per heavy atom. The van der Waals surface area contributed by atoms with Crippen LogP contribution in [0.3, 0.4) is 0 Å². The van der Waals surface area contributed by atoms with E-state index in [2.05, 4.69) is 36.8 Å². The van der Waals surface area contributed by atoms with Crippen molar-refractivity contribution in [1.29, 1.82) is 0 Å². The molecular formula is C16H18N2O2. The van der Waals surface area contributed by atoms with Crippen LogP contribution in [0.15, 0.2) is 30.6 Å². The lowest BCUT2D eigenvalue weighted by Gasteiger charge is -2.20. The number of carbonyl (C=O) groups is 1. The SMILES string of the molecule is Cc1cc(C(C)(C)C)ccc1-c1nccnc1C(=O)O. The molecule has 1 aromatic heterocycles. The summed E-state index contributed by atoms with van der Waals surface area (Å²) in [5.41, 5.74) is 3.47. The van der Waals surface area contributed by atoms with Gasteiger partial charge in [0.2, 0.25) is 0 Å². The van der Waals surface area contributed by atoms with E-state index in [0.29, 0.717) is 5.69 Å². The molecule has 0 saturated carbocycles. The second kappa shape index (κ2) is 5.04. The highest BCUT2D eigenvalue weighted by Gasteiger charge is 2.18. The van der Waals surface area contributed by atoms with Crippen LogP contribution in [-0.2, 0) is 5.41 Å². The van der Waals surface area contributed by atoms with Crippen LogP contribution >= 0.6 is 0 Å². The molecule has 4 heteroatoms. The van der Waals surface area contributed by atoms with Gasteiger partial charge in [-0.25, -0.2) is 9.78 Å². The second-order valence-electron chi connectivity index (χ2n) is 5.84. The van der Waals surface area contributed by atoms with Gasteiger partial charge in [-0.1, -0.05) is 39.0 Å². The van der Waals surface area contributed by atoms with Crippen molar-refractivity contribution in [1.82, 2.24) is 9.97 Å². The first-order valence-electron chi connectivity index (χ1n) is 6.46. The number of rotatable bonds is 2. The van der Waals surface area contributed by atoms with Crippen molar-refractivity contribution in [2.24, 2.45) is 0 Å². The predicted octanol–water partition coefficient (Wildman–Crippen LogP) is 3.45. The summed E-state index contributed by atoms with van der Waals surface area (Å²) in [5.74, 6) is -1.06. The molecule has 1 aromatic carbocycles. The van der Waals surface area contributed by atoms with Crippen molar-refractivity contribution in [3.63, 3.8) is 0 Å². The average molecular weight is 270 g/mol. The normalized spacial score (nSPS) is 11.4. The summed E-state index contributed by atoms with van der Waals surface area (Å²) in [4.78, 5) is 19.3. The summed E-state index contributed by atoms with van der Waals surface area (Å²) in [5, 5.41) is 9.20. The molecular weight excluding hydrogens is 252 g/mol. The molecule has 0 aliphatic rings. The molecule has 0 fully saturated rings. The van der Waals surface area contributed by atoms with E-state index in [9.17, 15) is 9.90 Å². The van der Waals surface area contributed by atoms with E-state index < -0.39 is 5.97 Å². The first-order valence-corrected chi connectivity index (χ1v) is 6.46. The molecule has 2 rings (SSSR count). The van der Waals surface area contributed by atoms with Gasteiger partial charge in [-0.3, -0.25) is 4.98 Å². The van der Waals surface area contributed by atoms with Gasteiger partial charge in [-0.2, -0.15) is 0 Å². The third kappa shape index (κ3) is 2.69. The summed E-state index contributed by atoms with van der Waals surface area (Å²) >= 11 is 0. The zero-order chi connectivity index (χ0) is 14.9. The second-order valence-corrected chi connectivity index (χ2v) is 5.84. The minimum atomic E-state index is -1.06. The number of aryl methyl sites for hydroxylation is 1. The summed E-state index contributed by atoms with van der Waals surface area (Å²) < 4.78 is 0. The van der Waals surface area contributed by atoms with E-state index in [1.807, 2.05) is 19.1 Å². The molecule has 0 atom stereocenters. The number of nitrogens with zero attached hydrogens (tertiary/aromatic N) is 2. The maximum absolute atomic E-state index is 11.2. The fraction of sp³-hybridized carbons (Fsp3) is 0.312. The quantitative estimate of drug-likeness (QED) is 0.907. The van der Waals surface area contributed by atoms with Gasteiger partial charge in [0, 0.05) is 18.0 Å². The van der Waals surface area contributed by atoms with E-state index >= 15 is 0 Å². The highest BCUT2D eigenvalue weighted by Crippen LogP contribution is 2.29. The van der Waals surface area contributed by atoms with E-state index in [4.69, 9.17) is 0 Å². The highest BCUT2D eigenvalue weighted by molar-refractivity contribution is 5.92. The van der Waals surface area contributed by atoms with Gasteiger partial charge in [-0.05, 0) is 23.5 Å². The third-order valence-corrected chi connectivity index (χ3v) is 3.25. The topological polar surface area (TPSA) is 63.1 Å². The van der Waals surface area contributed by atoms with Gasteiger partial charge < -0.3 is 5.11 Å². The van der Waals surface area contributed by atoms with Gasteiger partial charge in [0.05, 0.1) is 0 Å². The third-order valence-electron chi connectivity index (χ3n) is 3.25. The van der Waals surface area contributed by atoms with Crippen LogP contribution in [0.1, 0.15) is 42.4 Å². The Bertz CT molecular complexity index is 658. The Kier molecular flexibility index (Phi) is 3.57. The summed E-state index contributed by atoms with van der Waals surface area (Å²) in [6.07, 6.45) is 2.91. The number of carboxylic acid groups (broad SMARTS) is 1. The molecule has 0 aliphatic heterocycles. The Labute approximate surface area is 118 Å². The average Bonchev–Trinajstić information content (AvgIpc) is 2.37. The van der Waals surface area contributed by atoms with Crippen LogP contribution in [0.2, 0.25) is 0 Å². The van der Waals surface area contributed by atoms with Crippen LogP contribution in [0.4, 0.5) is 0 Å². The molecule has 0 unspecified atom stereocenters. The number of carboxylic acids is 1. The zero-order valence-electron chi connectivity index (χ0n) is 12.1. The van der Waals surface area contributed by atoms with Crippen molar-refractivity contribution in [2.75, 3.05) is 0 Å². The monoisotopic (exact) mass is 270 g/mol. The molecule has 0 amide bonds. The summed E-state index contributed by atoms with van der Waals surface area (Å²) in [6.45, 7) is 8.40. The van der Waals surface area contributed by atoms with Gasteiger partial charge >= 0.3 is 5.97 Å². The van der Waals surface area contributed by atoms with E-state index in [1.165, 1.54) is 18.0 Å². The smallest absolute Gasteiger partial charge is 0.356 e. The van der Waals surface area contributed by atoms with E-state index in [-0.39, 0.29) is 11.1 Å². The summed E-state index contributed by atoms with van der Waals surface area (Å²) in [6, 6.07) is 6.02. The Morgan fingerprint density at radius 1 is 1.15 bits per heavy atom. The number of aromatic nitrogens is 2. The number of hydrogen-bond acceptors (Lipinski definition) is 3. The molecule has 1 N–H and O–H groups in total. The lowest BCUT2D eigenvalue weighted by molar-refractivity contribution is 0.0691. The van der Waals surface area contributed by atoms with Crippen molar-refractivity contribution in [2.45, 2.75) is 33.1 Å². The Hall–Kier alpha value is -2.23. The highest BCUT2D eigenvalue weighted by atomic mass is 16.4. The van der Waals surface area contributed by atoms with E-state index in [0.717, 1.165) is 11.1 Å². The standard InChI is InChI=1S/C16H18N2O2/c1-10-9-11(16(2,3)4)5-6-12(10)13-14(15(19)20)18-8-7-17-13/h5-9H,1-4H3,(H,19,20). The molecule has 1 heterocycles. The molecule has 20 heavy (non-hydrogen) atoms. The van der Waals surface area contributed by atoms with Crippen LogP contribution in [0, 0.1) is 6.92 Å². The van der Waals surface area contributed by atoms with Gasteiger partial charge in [0.1, 0.15) is 5.69 Å². The lowest BCUT2D eigenvalue weighted by atomic mass is 9.85.